The van der Waals surface area contributed by atoms with E-state index in [4.69, 9.17) is 4.74 Å². The van der Waals surface area contributed by atoms with Crippen LogP contribution in [0, 0.1) is 13.8 Å². The van der Waals surface area contributed by atoms with Crippen molar-refractivity contribution in [3.8, 4) is 5.75 Å². The number of hydrogen-bond acceptors (Lipinski definition) is 4. The van der Waals surface area contributed by atoms with E-state index in [1.54, 1.807) is 0 Å². The monoisotopic (exact) mass is 327 g/mol. The number of hydrogen-bond donors (Lipinski definition) is 2. The van der Waals surface area contributed by atoms with Gasteiger partial charge in [0.1, 0.15) is 5.75 Å². The molecule has 1 saturated heterocycles. The maximum Gasteiger partial charge on any atom is 0.257 e. The van der Waals surface area contributed by atoms with Crippen LogP contribution in [0.5, 0.6) is 5.75 Å². The van der Waals surface area contributed by atoms with Crippen LogP contribution >= 0.6 is 12.4 Å². The highest BCUT2D eigenvalue weighted by molar-refractivity contribution is 5.85. The number of nitrogens with one attached hydrogen (secondary N) is 2. The molecule has 1 aromatic rings. The van der Waals surface area contributed by atoms with E-state index in [1.165, 1.54) is 5.56 Å². The van der Waals surface area contributed by atoms with Crippen molar-refractivity contribution in [1.82, 2.24) is 15.5 Å². The summed E-state index contributed by atoms with van der Waals surface area (Å²) in [5.74, 6) is 0.711. The maximum absolute atomic E-state index is 11.8. The van der Waals surface area contributed by atoms with Crippen molar-refractivity contribution < 1.29 is 9.53 Å². The van der Waals surface area contributed by atoms with Gasteiger partial charge in [0, 0.05) is 39.3 Å². The van der Waals surface area contributed by atoms with Crippen molar-refractivity contribution in [1.29, 1.82) is 0 Å². The summed E-state index contributed by atoms with van der Waals surface area (Å²) < 4.78 is 5.56. The summed E-state index contributed by atoms with van der Waals surface area (Å²) in [5.41, 5.74) is 2.25. The Morgan fingerprint density at radius 3 is 2.73 bits per heavy atom. The summed E-state index contributed by atoms with van der Waals surface area (Å²) in [5, 5.41) is 6.22. The number of halogens is 1. The molecule has 0 aromatic heterocycles. The summed E-state index contributed by atoms with van der Waals surface area (Å²) >= 11 is 0. The molecule has 1 aliphatic heterocycles. The van der Waals surface area contributed by atoms with Gasteiger partial charge in [-0.2, -0.15) is 0 Å². The summed E-state index contributed by atoms with van der Waals surface area (Å²) in [6, 6.07) is 5.96. The minimum absolute atomic E-state index is 0. The van der Waals surface area contributed by atoms with E-state index in [2.05, 4.69) is 21.6 Å². The van der Waals surface area contributed by atoms with Gasteiger partial charge in [0.25, 0.3) is 5.91 Å². The molecule has 5 nitrogen and oxygen atoms in total. The average Bonchev–Trinajstić information content (AvgIpc) is 2.47. The Balaban J connectivity index is 0.00000242. The number of rotatable bonds is 6. The first-order valence-electron chi connectivity index (χ1n) is 7.55. The molecule has 2 N–H and O–H groups in total. The van der Waals surface area contributed by atoms with Crippen LogP contribution in [0.4, 0.5) is 0 Å². The van der Waals surface area contributed by atoms with Crippen molar-refractivity contribution in [3.05, 3.63) is 29.3 Å². The van der Waals surface area contributed by atoms with Crippen molar-refractivity contribution in [2.24, 2.45) is 0 Å². The molecule has 124 valence electrons. The van der Waals surface area contributed by atoms with Crippen LogP contribution in [-0.2, 0) is 4.79 Å². The first-order valence-corrected chi connectivity index (χ1v) is 7.55. The Kier molecular flexibility index (Phi) is 8.24. The lowest BCUT2D eigenvalue weighted by Gasteiger charge is -2.27. The number of benzene rings is 1. The molecule has 0 atom stereocenters. The minimum atomic E-state index is -0.0647. The lowest BCUT2D eigenvalue weighted by atomic mass is 10.1. The summed E-state index contributed by atoms with van der Waals surface area (Å²) in [6.45, 7) is 9.85. The Bertz CT molecular complexity index is 476. The van der Waals surface area contributed by atoms with Crippen LogP contribution in [0.15, 0.2) is 18.2 Å². The van der Waals surface area contributed by atoms with Gasteiger partial charge in [-0.1, -0.05) is 17.7 Å². The lowest BCUT2D eigenvalue weighted by Crippen LogP contribution is -2.46. The van der Waals surface area contributed by atoms with Crippen LogP contribution in [0.3, 0.4) is 0 Å². The van der Waals surface area contributed by atoms with Crippen LogP contribution < -0.4 is 15.4 Å². The van der Waals surface area contributed by atoms with E-state index in [-0.39, 0.29) is 24.9 Å². The third kappa shape index (κ3) is 6.22. The Morgan fingerprint density at radius 1 is 1.32 bits per heavy atom. The molecule has 1 fully saturated rings. The number of piperazine rings is 1. The number of nitrogens with zero attached hydrogens (tertiary/aromatic N) is 1. The first-order chi connectivity index (χ1) is 10.1. The Hall–Kier alpha value is -1.30. The van der Waals surface area contributed by atoms with Gasteiger partial charge in [-0.05, 0) is 25.5 Å². The molecule has 0 unspecified atom stereocenters. The van der Waals surface area contributed by atoms with Gasteiger partial charge in [0.2, 0.25) is 0 Å². The third-order valence-corrected chi connectivity index (χ3v) is 3.65. The molecule has 0 aliphatic carbocycles. The molecule has 0 radical (unpaired) electrons. The molecule has 1 aromatic carbocycles. The molecule has 0 bridgehead atoms. The second kappa shape index (κ2) is 9.66. The van der Waals surface area contributed by atoms with Crippen molar-refractivity contribution in [2.75, 3.05) is 45.9 Å². The Labute approximate surface area is 138 Å². The largest absolute Gasteiger partial charge is 0.484 e. The first kappa shape index (κ1) is 18.7. The topological polar surface area (TPSA) is 53.6 Å². The number of carbonyl (C=O) groups excluding carboxylic acids is 1. The fraction of sp³-hybridized carbons (Fsp3) is 0.562. The SMILES string of the molecule is Cc1ccc(OCC(=O)NCCN2CCNCC2)c(C)c1.Cl. The number of amides is 1. The average molecular weight is 328 g/mol. The van der Waals surface area contributed by atoms with Crippen LogP contribution in [0.25, 0.3) is 0 Å². The zero-order chi connectivity index (χ0) is 15.1. The maximum atomic E-state index is 11.8. The van der Waals surface area contributed by atoms with E-state index in [1.807, 2.05) is 26.0 Å². The molecule has 1 aliphatic rings. The number of ether oxygens (including phenoxy) is 1. The molecule has 1 heterocycles. The van der Waals surface area contributed by atoms with E-state index in [0.717, 1.165) is 44.0 Å². The van der Waals surface area contributed by atoms with Gasteiger partial charge in [0.05, 0.1) is 0 Å². The molecular weight excluding hydrogens is 302 g/mol. The predicted molar refractivity (Wildman–Crippen MR) is 91.0 cm³/mol. The highest BCUT2D eigenvalue weighted by Crippen LogP contribution is 2.18. The molecule has 0 spiro atoms. The third-order valence-electron chi connectivity index (χ3n) is 3.65. The van der Waals surface area contributed by atoms with Crippen LogP contribution in [0.1, 0.15) is 11.1 Å². The lowest BCUT2D eigenvalue weighted by molar-refractivity contribution is -0.123. The molecule has 0 saturated carbocycles. The fourth-order valence-electron chi connectivity index (χ4n) is 2.44. The predicted octanol–water partition coefficient (Wildman–Crippen LogP) is 1.13. The highest BCUT2D eigenvalue weighted by Gasteiger charge is 2.10. The molecule has 2 rings (SSSR count). The van der Waals surface area contributed by atoms with Crippen molar-refractivity contribution in [2.45, 2.75) is 13.8 Å². The van der Waals surface area contributed by atoms with Gasteiger partial charge >= 0.3 is 0 Å². The summed E-state index contributed by atoms with van der Waals surface area (Å²) in [7, 11) is 0. The minimum Gasteiger partial charge on any atom is -0.484 e. The van der Waals surface area contributed by atoms with Crippen LogP contribution in [0.2, 0.25) is 0 Å². The highest BCUT2D eigenvalue weighted by atomic mass is 35.5. The Morgan fingerprint density at radius 2 is 2.05 bits per heavy atom. The second-order valence-electron chi connectivity index (χ2n) is 5.50. The van der Waals surface area contributed by atoms with Crippen LogP contribution in [-0.4, -0.2) is 56.7 Å². The van der Waals surface area contributed by atoms with E-state index < -0.39 is 0 Å². The molecular formula is C16H26ClN3O2. The van der Waals surface area contributed by atoms with Gasteiger partial charge in [-0.25, -0.2) is 0 Å². The van der Waals surface area contributed by atoms with Gasteiger partial charge in [0.15, 0.2) is 6.61 Å². The normalized spacial score (nSPS) is 15.0. The number of aryl methyl sites for hydroxylation is 2. The molecule has 22 heavy (non-hydrogen) atoms. The molecule has 6 heteroatoms. The standard InChI is InChI=1S/C16H25N3O2.ClH/c1-13-3-4-15(14(2)11-13)21-12-16(20)18-7-10-19-8-5-17-6-9-19;/h3-4,11,17H,5-10,12H2,1-2H3,(H,18,20);1H. The van der Waals surface area contributed by atoms with Gasteiger partial charge in [-0.3, -0.25) is 9.69 Å². The fourth-order valence-corrected chi connectivity index (χ4v) is 2.44. The summed E-state index contributed by atoms with van der Waals surface area (Å²) in [6.07, 6.45) is 0. The van der Waals surface area contributed by atoms with Gasteiger partial charge in [-0.15, -0.1) is 12.4 Å². The van der Waals surface area contributed by atoms with Crippen molar-refractivity contribution in [3.63, 3.8) is 0 Å². The van der Waals surface area contributed by atoms with E-state index in [0.29, 0.717) is 6.54 Å². The summed E-state index contributed by atoms with van der Waals surface area (Å²) in [4.78, 5) is 14.1. The zero-order valence-corrected chi connectivity index (χ0v) is 14.2. The van der Waals surface area contributed by atoms with Crippen molar-refractivity contribution >= 4 is 18.3 Å². The second-order valence-corrected chi connectivity index (χ2v) is 5.50. The van der Waals surface area contributed by atoms with E-state index >= 15 is 0 Å². The zero-order valence-electron chi connectivity index (χ0n) is 13.4. The van der Waals surface area contributed by atoms with E-state index in [9.17, 15) is 4.79 Å². The van der Waals surface area contributed by atoms with Gasteiger partial charge < -0.3 is 15.4 Å². The smallest absolute Gasteiger partial charge is 0.257 e. The quantitative estimate of drug-likeness (QED) is 0.822. The number of carbonyl (C=O) groups is 1. The molecule has 1 amide bonds.